The number of aromatic nitrogens is 3. The predicted molar refractivity (Wildman–Crippen MR) is 113 cm³/mol. The standard InChI is InChI=1S/C23H24F2N4O3/c1-2-32-21-7-22-27-19(15-9-28(10-15)16-12-31-13-16)11-29(22)8-14(21)6-20(30)17-4-3-5-18(26-17)23(24)25/h3-5,7-8,11,15-16,23H,2,6,9-10,12-13H2,1H3. The summed E-state index contributed by atoms with van der Waals surface area (Å²) in [5.41, 5.74) is 2.05. The van der Waals surface area contributed by atoms with Crippen LogP contribution in [-0.2, 0) is 11.2 Å². The molecule has 0 aromatic carbocycles. The molecule has 2 aliphatic heterocycles. The van der Waals surface area contributed by atoms with Gasteiger partial charge < -0.3 is 13.9 Å². The van der Waals surface area contributed by atoms with E-state index in [0.29, 0.717) is 29.9 Å². The fourth-order valence-corrected chi connectivity index (χ4v) is 4.12. The van der Waals surface area contributed by atoms with Gasteiger partial charge in [-0.3, -0.25) is 9.69 Å². The first-order chi connectivity index (χ1) is 15.5. The first-order valence-electron chi connectivity index (χ1n) is 10.8. The van der Waals surface area contributed by atoms with Gasteiger partial charge in [0.1, 0.15) is 22.8 Å². The first-order valence-corrected chi connectivity index (χ1v) is 10.8. The number of halogens is 2. The largest absolute Gasteiger partial charge is 0.493 e. The van der Waals surface area contributed by atoms with Gasteiger partial charge in [0.25, 0.3) is 6.43 Å². The summed E-state index contributed by atoms with van der Waals surface area (Å²) in [5.74, 6) is 0.597. The highest BCUT2D eigenvalue weighted by atomic mass is 19.3. The minimum atomic E-state index is -2.72. The Hall–Kier alpha value is -2.91. The van der Waals surface area contributed by atoms with Crippen LogP contribution in [-0.4, -0.2) is 64.0 Å². The first kappa shape index (κ1) is 21.0. The Kier molecular flexibility index (Phi) is 5.60. The highest BCUT2D eigenvalue weighted by molar-refractivity contribution is 5.96. The second-order valence-electron chi connectivity index (χ2n) is 8.22. The van der Waals surface area contributed by atoms with Crippen molar-refractivity contribution in [2.24, 2.45) is 0 Å². The van der Waals surface area contributed by atoms with Crippen LogP contribution in [0.2, 0.25) is 0 Å². The summed E-state index contributed by atoms with van der Waals surface area (Å²) in [6.45, 7) is 5.85. The maximum absolute atomic E-state index is 13.0. The van der Waals surface area contributed by atoms with Crippen LogP contribution in [0.25, 0.3) is 5.65 Å². The fourth-order valence-electron chi connectivity index (χ4n) is 4.12. The van der Waals surface area contributed by atoms with E-state index in [4.69, 9.17) is 14.5 Å². The molecule has 0 saturated carbocycles. The third-order valence-corrected chi connectivity index (χ3v) is 6.05. The second kappa shape index (κ2) is 8.55. The number of hydrogen-bond acceptors (Lipinski definition) is 6. The third-order valence-electron chi connectivity index (χ3n) is 6.05. The molecule has 5 heterocycles. The summed E-state index contributed by atoms with van der Waals surface area (Å²) < 4.78 is 38.8. The zero-order valence-corrected chi connectivity index (χ0v) is 17.7. The molecule has 2 fully saturated rings. The highest BCUT2D eigenvalue weighted by Crippen LogP contribution is 2.31. The maximum Gasteiger partial charge on any atom is 0.280 e. The molecule has 0 radical (unpaired) electrons. The lowest BCUT2D eigenvalue weighted by Crippen LogP contribution is -2.58. The van der Waals surface area contributed by atoms with E-state index in [0.717, 1.165) is 37.6 Å². The number of fused-ring (bicyclic) bond motifs is 1. The fraction of sp³-hybridized carbons (Fsp3) is 0.435. The lowest BCUT2D eigenvalue weighted by atomic mass is 9.94. The number of hydrogen-bond donors (Lipinski definition) is 0. The summed E-state index contributed by atoms with van der Waals surface area (Å²) in [5, 5.41) is 0. The number of nitrogens with zero attached hydrogens (tertiary/aromatic N) is 4. The van der Waals surface area contributed by atoms with Gasteiger partial charge in [0, 0.05) is 49.5 Å². The molecular weight excluding hydrogens is 418 g/mol. The molecule has 9 heteroatoms. The minimum absolute atomic E-state index is 0.00261. The number of ketones is 1. The Morgan fingerprint density at radius 3 is 2.75 bits per heavy atom. The van der Waals surface area contributed by atoms with Crippen LogP contribution in [0.4, 0.5) is 8.78 Å². The number of Topliss-reactive ketones (excluding diaryl/α,β-unsaturated/α-hetero) is 1. The van der Waals surface area contributed by atoms with E-state index in [1.165, 1.54) is 18.2 Å². The molecule has 0 bridgehead atoms. The molecule has 32 heavy (non-hydrogen) atoms. The van der Waals surface area contributed by atoms with Crippen molar-refractivity contribution >= 4 is 11.4 Å². The molecule has 3 aromatic heterocycles. The average Bonchev–Trinajstić information content (AvgIpc) is 3.11. The molecule has 168 valence electrons. The Morgan fingerprint density at radius 1 is 1.25 bits per heavy atom. The number of carbonyl (C=O) groups is 1. The van der Waals surface area contributed by atoms with Crippen molar-refractivity contribution in [3.05, 3.63) is 59.3 Å². The summed E-state index contributed by atoms with van der Waals surface area (Å²) in [4.78, 5) is 23.8. The van der Waals surface area contributed by atoms with Crippen molar-refractivity contribution in [2.75, 3.05) is 32.9 Å². The van der Waals surface area contributed by atoms with Crippen LogP contribution in [0, 0.1) is 0 Å². The Morgan fingerprint density at radius 2 is 2.06 bits per heavy atom. The number of ether oxygens (including phenoxy) is 2. The topological polar surface area (TPSA) is 69.0 Å². The van der Waals surface area contributed by atoms with Crippen molar-refractivity contribution in [3.8, 4) is 5.75 Å². The van der Waals surface area contributed by atoms with Gasteiger partial charge in [0.15, 0.2) is 5.78 Å². The van der Waals surface area contributed by atoms with Crippen molar-refractivity contribution in [2.45, 2.75) is 31.7 Å². The van der Waals surface area contributed by atoms with Crippen LogP contribution in [0.1, 0.15) is 46.7 Å². The third kappa shape index (κ3) is 3.98. The van der Waals surface area contributed by atoms with E-state index >= 15 is 0 Å². The number of pyridine rings is 2. The number of carbonyl (C=O) groups excluding carboxylic acids is 1. The van der Waals surface area contributed by atoms with Gasteiger partial charge in [-0.2, -0.15) is 0 Å². The Balaban J connectivity index is 1.37. The second-order valence-corrected chi connectivity index (χ2v) is 8.22. The van der Waals surface area contributed by atoms with Crippen molar-refractivity contribution < 1.29 is 23.0 Å². The van der Waals surface area contributed by atoms with Crippen LogP contribution in [0.5, 0.6) is 5.75 Å². The summed E-state index contributed by atoms with van der Waals surface area (Å²) in [6, 6.07) is 6.45. The monoisotopic (exact) mass is 442 g/mol. The molecule has 5 rings (SSSR count). The zero-order chi connectivity index (χ0) is 22.2. The maximum atomic E-state index is 13.0. The van der Waals surface area contributed by atoms with Gasteiger partial charge >= 0.3 is 0 Å². The molecule has 0 amide bonds. The van der Waals surface area contributed by atoms with E-state index in [1.807, 2.05) is 29.8 Å². The van der Waals surface area contributed by atoms with Crippen molar-refractivity contribution in [3.63, 3.8) is 0 Å². The van der Waals surface area contributed by atoms with Gasteiger partial charge in [-0.1, -0.05) is 6.07 Å². The minimum Gasteiger partial charge on any atom is -0.493 e. The lowest BCUT2D eigenvalue weighted by Gasteiger charge is -2.46. The summed E-state index contributed by atoms with van der Waals surface area (Å²) in [7, 11) is 0. The van der Waals surface area contributed by atoms with Crippen LogP contribution >= 0.6 is 0 Å². The number of alkyl halides is 2. The highest BCUT2D eigenvalue weighted by Gasteiger charge is 2.37. The van der Waals surface area contributed by atoms with Crippen molar-refractivity contribution in [1.82, 2.24) is 19.3 Å². The van der Waals surface area contributed by atoms with E-state index in [1.54, 1.807) is 0 Å². The Labute approximate surface area is 184 Å². The number of imidazole rings is 1. The predicted octanol–water partition coefficient (Wildman–Crippen LogP) is 3.29. The van der Waals surface area contributed by atoms with Crippen molar-refractivity contribution in [1.29, 1.82) is 0 Å². The number of likely N-dealkylation sites (tertiary alicyclic amines) is 1. The molecule has 0 unspecified atom stereocenters. The molecular formula is C23H24F2N4O3. The smallest absolute Gasteiger partial charge is 0.280 e. The lowest BCUT2D eigenvalue weighted by molar-refractivity contribution is -0.0909. The average molecular weight is 442 g/mol. The molecule has 0 aliphatic carbocycles. The quantitative estimate of drug-likeness (QED) is 0.499. The van der Waals surface area contributed by atoms with Gasteiger partial charge in [0.05, 0.1) is 31.6 Å². The van der Waals surface area contributed by atoms with Gasteiger partial charge in [-0.05, 0) is 19.1 Å². The van der Waals surface area contributed by atoms with E-state index in [2.05, 4.69) is 9.88 Å². The molecule has 0 spiro atoms. The van der Waals surface area contributed by atoms with Gasteiger partial charge in [0.2, 0.25) is 0 Å². The molecule has 2 aliphatic rings. The van der Waals surface area contributed by atoms with Gasteiger partial charge in [-0.15, -0.1) is 0 Å². The summed E-state index contributed by atoms with van der Waals surface area (Å²) in [6.07, 6.45) is 1.11. The number of rotatable bonds is 8. The van der Waals surface area contributed by atoms with E-state index in [-0.39, 0.29) is 17.9 Å². The normalized spacial score (nSPS) is 17.5. The molecule has 0 atom stereocenters. The van der Waals surface area contributed by atoms with Crippen LogP contribution < -0.4 is 4.74 Å². The molecule has 3 aromatic rings. The molecule has 7 nitrogen and oxygen atoms in total. The zero-order valence-electron chi connectivity index (χ0n) is 17.7. The Bertz CT molecular complexity index is 1140. The van der Waals surface area contributed by atoms with Crippen LogP contribution in [0.3, 0.4) is 0 Å². The van der Waals surface area contributed by atoms with Gasteiger partial charge in [-0.25, -0.2) is 18.7 Å². The molecule has 0 N–H and O–H groups in total. The van der Waals surface area contributed by atoms with E-state index in [9.17, 15) is 13.6 Å². The summed E-state index contributed by atoms with van der Waals surface area (Å²) >= 11 is 0. The SMILES string of the molecule is CCOc1cc2nc(C3CN(C4COC4)C3)cn2cc1CC(=O)c1cccc(C(F)F)n1. The van der Waals surface area contributed by atoms with E-state index < -0.39 is 12.1 Å². The molecule has 2 saturated heterocycles. The van der Waals surface area contributed by atoms with Crippen LogP contribution in [0.15, 0.2) is 36.7 Å².